The van der Waals surface area contributed by atoms with Crippen LogP contribution in [0.25, 0.3) is 0 Å². The van der Waals surface area contributed by atoms with Gasteiger partial charge in [0, 0.05) is 19.3 Å². The molecule has 0 aromatic rings. The van der Waals surface area contributed by atoms with Crippen molar-refractivity contribution in [2.75, 3.05) is 13.2 Å². The van der Waals surface area contributed by atoms with Crippen molar-refractivity contribution in [1.29, 1.82) is 0 Å². The summed E-state index contributed by atoms with van der Waals surface area (Å²) in [5, 5.41) is 0. The number of rotatable bonds is 57. The Balaban J connectivity index is 4.47. The first kappa shape index (κ1) is 71.3. The highest BCUT2D eigenvalue weighted by Crippen LogP contribution is 2.16. The Morgan fingerprint density at radius 1 is 0.280 bits per heavy atom. The van der Waals surface area contributed by atoms with Gasteiger partial charge in [-0.25, -0.2) is 0 Å². The maximum Gasteiger partial charge on any atom is 0.306 e. The Labute approximate surface area is 464 Å². The molecule has 6 nitrogen and oxygen atoms in total. The van der Waals surface area contributed by atoms with Crippen LogP contribution in [0.2, 0.25) is 0 Å². The molecule has 0 rings (SSSR count). The van der Waals surface area contributed by atoms with Crippen LogP contribution in [-0.2, 0) is 28.6 Å². The molecule has 0 aliphatic rings. The van der Waals surface area contributed by atoms with Crippen LogP contribution in [0.1, 0.15) is 303 Å². The molecule has 0 spiro atoms. The van der Waals surface area contributed by atoms with Gasteiger partial charge in [-0.2, -0.15) is 0 Å². The van der Waals surface area contributed by atoms with Gasteiger partial charge in [-0.15, -0.1) is 0 Å². The third-order valence-corrected chi connectivity index (χ3v) is 13.6. The molecule has 0 bridgehead atoms. The van der Waals surface area contributed by atoms with E-state index in [0.29, 0.717) is 19.3 Å². The smallest absolute Gasteiger partial charge is 0.306 e. The number of hydrogen-bond acceptors (Lipinski definition) is 6. The number of esters is 3. The summed E-state index contributed by atoms with van der Waals surface area (Å²) in [6, 6.07) is 0. The molecule has 0 N–H and O–H groups in total. The van der Waals surface area contributed by atoms with Crippen LogP contribution in [0.5, 0.6) is 0 Å². The van der Waals surface area contributed by atoms with Gasteiger partial charge in [0.25, 0.3) is 0 Å². The Morgan fingerprint density at radius 2 is 0.547 bits per heavy atom. The van der Waals surface area contributed by atoms with Gasteiger partial charge in [0.15, 0.2) is 6.10 Å². The molecule has 0 heterocycles. The molecule has 0 fully saturated rings. The summed E-state index contributed by atoms with van der Waals surface area (Å²) < 4.78 is 16.9. The summed E-state index contributed by atoms with van der Waals surface area (Å²) in [7, 11) is 0. The van der Waals surface area contributed by atoms with Gasteiger partial charge < -0.3 is 14.2 Å². The van der Waals surface area contributed by atoms with Crippen molar-refractivity contribution < 1.29 is 28.6 Å². The summed E-state index contributed by atoms with van der Waals surface area (Å²) in [5.74, 6) is -0.985. The van der Waals surface area contributed by atoms with Crippen LogP contribution in [0.15, 0.2) is 97.2 Å². The second-order valence-corrected chi connectivity index (χ2v) is 20.9. The number of allylic oxidation sites excluding steroid dienone is 16. The molecule has 0 aromatic carbocycles. The molecule has 0 amide bonds. The SMILES string of the molecule is CC/C=C\C/C=C\C/C=C\C/C=C\C/C=C\C/C=C\CCC(=O)OC[C@H](COC(=O)CCCCCCCCC/C=C\CCCCCCCC)OC(=O)CCCCCCCCCCCCC/C=C\CCCCCCCC. The fourth-order valence-corrected chi connectivity index (χ4v) is 8.81. The van der Waals surface area contributed by atoms with E-state index < -0.39 is 6.10 Å². The number of carbonyl (C=O) groups is 3. The van der Waals surface area contributed by atoms with Crippen molar-refractivity contribution in [2.45, 2.75) is 309 Å². The minimum atomic E-state index is -0.812. The van der Waals surface area contributed by atoms with Gasteiger partial charge in [-0.05, 0) is 109 Å². The van der Waals surface area contributed by atoms with E-state index >= 15 is 0 Å². The lowest BCUT2D eigenvalue weighted by Crippen LogP contribution is -2.30. The van der Waals surface area contributed by atoms with Crippen LogP contribution in [-0.4, -0.2) is 37.2 Å². The quantitative estimate of drug-likeness (QED) is 0.0261. The fraction of sp³-hybridized carbons (Fsp3) is 0.725. The van der Waals surface area contributed by atoms with Crippen molar-refractivity contribution in [3.05, 3.63) is 97.2 Å². The maximum atomic E-state index is 12.9. The second kappa shape index (κ2) is 62.9. The summed E-state index contributed by atoms with van der Waals surface area (Å²) in [5.41, 5.74) is 0. The lowest BCUT2D eigenvalue weighted by Gasteiger charge is -2.18. The largest absolute Gasteiger partial charge is 0.462 e. The Kier molecular flexibility index (Phi) is 59.8. The average Bonchev–Trinajstić information content (AvgIpc) is 3.41. The first-order valence-electron chi connectivity index (χ1n) is 31.7. The first-order chi connectivity index (χ1) is 37.0. The topological polar surface area (TPSA) is 78.9 Å². The van der Waals surface area contributed by atoms with Gasteiger partial charge >= 0.3 is 17.9 Å². The zero-order valence-corrected chi connectivity index (χ0v) is 49.3. The molecule has 430 valence electrons. The van der Waals surface area contributed by atoms with E-state index in [1.807, 2.05) is 6.08 Å². The predicted octanol–water partition coefficient (Wildman–Crippen LogP) is 21.7. The Morgan fingerprint density at radius 3 is 0.893 bits per heavy atom. The van der Waals surface area contributed by atoms with Crippen molar-refractivity contribution in [2.24, 2.45) is 0 Å². The molecule has 0 aliphatic heterocycles. The summed E-state index contributed by atoms with van der Waals surface area (Å²) in [4.78, 5) is 38.3. The summed E-state index contributed by atoms with van der Waals surface area (Å²) in [6.07, 6.45) is 84.2. The van der Waals surface area contributed by atoms with Gasteiger partial charge in [0.05, 0.1) is 0 Å². The molecule has 0 saturated carbocycles. The van der Waals surface area contributed by atoms with E-state index in [-0.39, 0.29) is 37.5 Å². The minimum absolute atomic E-state index is 0.102. The van der Waals surface area contributed by atoms with E-state index in [4.69, 9.17) is 14.2 Å². The van der Waals surface area contributed by atoms with Gasteiger partial charge in [0.1, 0.15) is 13.2 Å². The Bertz CT molecular complexity index is 1480. The van der Waals surface area contributed by atoms with Gasteiger partial charge in [-0.1, -0.05) is 272 Å². The molecule has 75 heavy (non-hydrogen) atoms. The third-order valence-electron chi connectivity index (χ3n) is 13.6. The second-order valence-electron chi connectivity index (χ2n) is 20.9. The molecule has 0 saturated heterocycles. The van der Waals surface area contributed by atoms with Crippen LogP contribution >= 0.6 is 0 Å². The predicted molar refractivity (Wildman–Crippen MR) is 325 cm³/mol. The molecule has 0 aliphatic carbocycles. The normalized spacial score (nSPS) is 12.7. The van der Waals surface area contributed by atoms with Crippen molar-refractivity contribution in [3.63, 3.8) is 0 Å². The number of unbranched alkanes of at least 4 members (excludes halogenated alkanes) is 30. The van der Waals surface area contributed by atoms with E-state index in [1.54, 1.807) is 0 Å². The highest BCUT2D eigenvalue weighted by molar-refractivity contribution is 5.71. The Hall–Kier alpha value is -3.67. The minimum Gasteiger partial charge on any atom is -0.462 e. The average molecular weight is 1040 g/mol. The molecule has 6 heteroatoms. The number of ether oxygens (including phenoxy) is 3. The number of carbonyl (C=O) groups excluding carboxylic acids is 3. The zero-order valence-electron chi connectivity index (χ0n) is 49.3. The molecular weight excluding hydrogens is 925 g/mol. The van der Waals surface area contributed by atoms with Gasteiger partial charge in [0.2, 0.25) is 0 Å². The summed E-state index contributed by atoms with van der Waals surface area (Å²) >= 11 is 0. The first-order valence-corrected chi connectivity index (χ1v) is 31.7. The summed E-state index contributed by atoms with van der Waals surface area (Å²) in [6.45, 7) is 6.48. The van der Waals surface area contributed by atoms with Crippen LogP contribution in [0, 0.1) is 0 Å². The van der Waals surface area contributed by atoms with Crippen LogP contribution < -0.4 is 0 Å². The lowest BCUT2D eigenvalue weighted by molar-refractivity contribution is -0.166. The van der Waals surface area contributed by atoms with E-state index in [2.05, 4.69) is 112 Å². The fourth-order valence-electron chi connectivity index (χ4n) is 8.81. The highest BCUT2D eigenvalue weighted by atomic mass is 16.6. The van der Waals surface area contributed by atoms with Crippen molar-refractivity contribution in [3.8, 4) is 0 Å². The third kappa shape index (κ3) is 61.1. The maximum absolute atomic E-state index is 12.9. The van der Waals surface area contributed by atoms with Crippen molar-refractivity contribution >= 4 is 17.9 Å². The monoisotopic (exact) mass is 1040 g/mol. The lowest BCUT2D eigenvalue weighted by atomic mass is 10.0. The van der Waals surface area contributed by atoms with Crippen molar-refractivity contribution in [1.82, 2.24) is 0 Å². The van der Waals surface area contributed by atoms with E-state index in [0.717, 1.165) is 77.0 Å². The highest BCUT2D eigenvalue weighted by Gasteiger charge is 2.19. The molecular formula is C69H118O6. The molecule has 0 radical (unpaired) electrons. The molecule has 0 unspecified atom stereocenters. The van der Waals surface area contributed by atoms with Crippen LogP contribution in [0.3, 0.4) is 0 Å². The van der Waals surface area contributed by atoms with Gasteiger partial charge in [-0.3, -0.25) is 14.4 Å². The van der Waals surface area contributed by atoms with E-state index in [1.165, 1.54) is 180 Å². The van der Waals surface area contributed by atoms with Crippen LogP contribution in [0.4, 0.5) is 0 Å². The molecule has 1 atom stereocenters. The standard InChI is InChI=1S/C69H118O6/c1-4-7-10-13-16-19-22-25-28-31-33-34-36-39-42-45-48-51-54-57-60-63-69(72)75-66(64-73-67(70)61-58-55-52-49-46-43-40-37-30-27-24-21-18-15-12-9-6-3)65-74-68(71)62-59-56-53-50-47-44-41-38-35-32-29-26-23-20-17-14-11-8-5-2/h8,11,17,20,25-30,35,38,44,47,53,56,66H,4-7,9-10,12-16,18-19,21-24,31-34,36-37,39-43,45-46,48-52,54-55,57-65H2,1-3H3/b11-8-,20-17-,28-25-,29-26-,30-27-,38-35-,47-44-,56-53-/t66-/m0/s1. The molecule has 0 aromatic heterocycles. The zero-order chi connectivity index (χ0) is 54.3. The van der Waals surface area contributed by atoms with E-state index in [9.17, 15) is 14.4 Å². The number of hydrogen-bond donors (Lipinski definition) is 0.